The highest BCUT2D eigenvalue weighted by molar-refractivity contribution is 9.10. The maximum Gasteiger partial charge on any atom is 0.121 e. The molecule has 21 heavy (non-hydrogen) atoms. The van der Waals surface area contributed by atoms with Crippen LogP contribution in [0, 0.1) is 0 Å². The van der Waals surface area contributed by atoms with Gasteiger partial charge >= 0.3 is 0 Å². The van der Waals surface area contributed by atoms with E-state index in [4.69, 9.17) is 0 Å². The first-order chi connectivity index (χ1) is 9.22. The fourth-order valence-electron chi connectivity index (χ4n) is 2.60. The van der Waals surface area contributed by atoms with Gasteiger partial charge in [-0.2, -0.15) is 0 Å². The van der Waals surface area contributed by atoms with Gasteiger partial charge in [0.05, 0.1) is 0 Å². The van der Waals surface area contributed by atoms with Gasteiger partial charge in [-0.25, -0.2) is 0 Å². The lowest BCUT2D eigenvalue weighted by atomic mass is 9.98. The van der Waals surface area contributed by atoms with Gasteiger partial charge in [0.2, 0.25) is 0 Å². The zero-order chi connectivity index (χ0) is 13.7. The molecule has 120 valence electrons. The van der Waals surface area contributed by atoms with E-state index in [1.54, 1.807) is 6.07 Å². The predicted molar refractivity (Wildman–Crippen MR) is 96.9 cm³/mol. The average Bonchev–Trinajstić information content (AvgIpc) is 2.42. The number of hydrogen-bond acceptors (Lipinski definition) is 3. The van der Waals surface area contributed by atoms with Crippen molar-refractivity contribution in [2.75, 3.05) is 26.2 Å². The van der Waals surface area contributed by atoms with Crippen molar-refractivity contribution in [1.82, 2.24) is 10.2 Å². The maximum atomic E-state index is 10.2. The lowest BCUT2D eigenvalue weighted by molar-refractivity contribution is 0.163. The van der Waals surface area contributed by atoms with E-state index in [0.717, 1.165) is 49.1 Å². The number of hydrogen-bond donors (Lipinski definition) is 2. The van der Waals surface area contributed by atoms with Crippen molar-refractivity contribution in [3.05, 3.63) is 40.9 Å². The van der Waals surface area contributed by atoms with Gasteiger partial charge in [-0.3, -0.25) is 4.90 Å². The second-order valence-corrected chi connectivity index (χ2v) is 5.79. The number of phenols is 1. The molecule has 1 fully saturated rings. The smallest absolute Gasteiger partial charge is 0.121 e. The van der Waals surface area contributed by atoms with Crippen molar-refractivity contribution >= 4 is 40.7 Å². The molecule has 1 saturated heterocycles. The number of allylic oxidation sites excluding steroid dienone is 1. The lowest BCUT2D eigenvalue weighted by Gasteiger charge is -2.35. The Labute approximate surface area is 147 Å². The summed E-state index contributed by atoms with van der Waals surface area (Å²) in [6.45, 7) is 7.89. The van der Waals surface area contributed by atoms with Gasteiger partial charge in [0, 0.05) is 42.3 Å². The quantitative estimate of drug-likeness (QED) is 0.739. The Hall–Kier alpha value is -0.260. The minimum Gasteiger partial charge on any atom is -0.508 e. The van der Waals surface area contributed by atoms with E-state index in [0.29, 0.717) is 5.75 Å². The topological polar surface area (TPSA) is 35.5 Å². The van der Waals surface area contributed by atoms with Crippen LogP contribution in [0.1, 0.15) is 24.4 Å². The van der Waals surface area contributed by atoms with Crippen molar-refractivity contribution in [3.8, 4) is 5.75 Å². The Morgan fingerprint density at radius 3 is 2.57 bits per heavy atom. The predicted octanol–water partition coefficient (Wildman–Crippen LogP) is 3.91. The van der Waals surface area contributed by atoms with Gasteiger partial charge in [0.1, 0.15) is 5.75 Å². The number of halogens is 3. The molecule has 0 aliphatic carbocycles. The van der Waals surface area contributed by atoms with Crippen LogP contribution in [-0.2, 0) is 0 Å². The van der Waals surface area contributed by atoms with Crippen LogP contribution in [0.15, 0.2) is 35.3 Å². The van der Waals surface area contributed by atoms with Crippen LogP contribution in [-0.4, -0.2) is 36.2 Å². The van der Waals surface area contributed by atoms with Gasteiger partial charge in [-0.1, -0.05) is 28.1 Å². The molecule has 0 radical (unpaired) electrons. The highest BCUT2D eigenvalue weighted by atomic mass is 79.9. The molecule has 0 unspecified atom stereocenters. The van der Waals surface area contributed by atoms with Crippen molar-refractivity contribution in [2.45, 2.75) is 18.9 Å². The summed E-state index contributed by atoms with van der Waals surface area (Å²) in [5, 5.41) is 13.6. The van der Waals surface area contributed by atoms with Crippen LogP contribution in [0.5, 0.6) is 5.75 Å². The number of aromatic hydroxyl groups is 1. The highest BCUT2D eigenvalue weighted by Gasteiger charge is 2.23. The van der Waals surface area contributed by atoms with Gasteiger partial charge in [0.25, 0.3) is 0 Å². The molecule has 1 aromatic carbocycles. The number of phenolic OH excluding ortho intramolecular Hbond substituents is 1. The van der Waals surface area contributed by atoms with E-state index in [1.165, 1.54) is 0 Å². The van der Waals surface area contributed by atoms with Crippen LogP contribution in [0.25, 0.3) is 0 Å². The van der Waals surface area contributed by atoms with E-state index in [9.17, 15) is 5.11 Å². The monoisotopic (exact) mass is 396 g/mol. The second kappa shape index (κ2) is 10.5. The van der Waals surface area contributed by atoms with Crippen molar-refractivity contribution in [1.29, 1.82) is 0 Å². The third-order valence-electron chi connectivity index (χ3n) is 3.59. The van der Waals surface area contributed by atoms with E-state index in [2.05, 4.69) is 32.7 Å². The molecular formula is C15H23BrCl2N2O. The Kier molecular flexibility index (Phi) is 10.3. The minimum absolute atomic E-state index is 0. The summed E-state index contributed by atoms with van der Waals surface area (Å²) in [5.74, 6) is 0.377. The number of nitrogens with zero attached hydrogens (tertiary/aromatic N) is 1. The molecule has 1 aliphatic rings. The van der Waals surface area contributed by atoms with E-state index < -0.39 is 0 Å². The van der Waals surface area contributed by atoms with Gasteiger partial charge in [0.15, 0.2) is 0 Å². The van der Waals surface area contributed by atoms with E-state index in [1.807, 2.05) is 18.2 Å². The Bertz CT molecular complexity index is 440. The molecule has 1 heterocycles. The molecule has 2 rings (SSSR count). The summed E-state index contributed by atoms with van der Waals surface area (Å²) in [5.41, 5.74) is 1.02. The number of benzene rings is 1. The van der Waals surface area contributed by atoms with Crippen LogP contribution >= 0.6 is 40.7 Å². The Morgan fingerprint density at radius 2 is 2.00 bits per heavy atom. The second-order valence-electron chi connectivity index (χ2n) is 4.87. The summed E-state index contributed by atoms with van der Waals surface area (Å²) in [4.78, 5) is 2.45. The molecule has 1 atom stereocenters. The zero-order valence-corrected chi connectivity index (χ0v) is 15.1. The van der Waals surface area contributed by atoms with Crippen LogP contribution in [0.4, 0.5) is 0 Å². The minimum atomic E-state index is 0. The zero-order valence-electron chi connectivity index (χ0n) is 11.9. The van der Waals surface area contributed by atoms with Gasteiger partial charge < -0.3 is 10.4 Å². The van der Waals surface area contributed by atoms with E-state index >= 15 is 0 Å². The standard InChI is InChI=1S/C15H21BrN2O.2ClH/c1-2-3-4-14(18-9-7-17-8-10-18)13-6-5-12(16)11-15(13)19;;/h2,5-6,11,14,17,19H,1,3-4,7-10H2;2*1H/t14-;;/m1../s1. The van der Waals surface area contributed by atoms with E-state index in [-0.39, 0.29) is 30.9 Å². The van der Waals surface area contributed by atoms with Crippen molar-refractivity contribution < 1.29 is 5.11 Å². The fourth-order valence-corrected chi connectivity index (χ4v) is 2.95. The molecule has 3 nitrogen and oxygen atoms in total. The highest BCUT2D eigenvalue weighted by Crippen LogP contribution is 2.34. The summed E-state index contributed by atoms with van der Waals surface area (Å²) in [6, 6.07) is 6.07. The number of piperazine rings is 1. The molecular weight excluding hydrogens is 375 g/mol. The van der Waals surface area contributed by atoms with Crippen molar-refractivity contribution in [3.63, 3.8) is 0 Å². The normalized spacial score (nSPS) is 16.4. The first kappa shape index (κ1) is 20.7. The molecule has 0 amide bonds. The third kappa shape index (κ3) is 5.80. The number of rotatable bonds is 5. The van der Waals surface area contributed by atoms with Gasteiger partial charge in [-0.05, 0) is 25.0 Å². The molecule has 1 aliphatic heterocycles. The maximum absolute atomic E-state index is 10.2. The summed E-state index contributed by atoms with van der Waals surface area (Å²) < 4.78 is 0.913. The third-order valence-corrected chi connectivity index (χ3v) is 4.08. The molecule has 2 N–H and O–H groups in total. The largest absolute Gasteiger partial charge is 0.508 e. The Morgan fingerprint density at radius 1 is 1.33 bits per heavy atom. The molecule has 6 heteroatoms. The number of nitrogens with one attached hydrogen (secondary N) is 1. The lowest BCUT2D eigenvalue weighted by Crippen LogP contribution is -2.45. The SMILES string of the molecule is C=CCC[C@H](c1ccc(Br)cc1O)N1CCNCC1.Cl.Cl. The van der Waals surface area contributed by atoms with Crippen molar-refractivity contribution in [2.24, 2.45) is 0 Å². The summed E-state index contributed by atoms with van der Waals surface area (Å²) >= 11 is 3.39. The first-order valence-electron chi connectivity index (χ1n) is 6.76. The Balaban J connectivity index is 0.00000200. The first-order valence-corrected chi connectivity index (χ1v) is 7.55. The molecule has 0 saturated carbocycles. The molecule has 0 bridgehead atoms. The average molecular weight is 398 g/mol. The van der Waals surface area contributed by atoms with Gasteiger partial charge in [-0.15, -0.1) is 31.4 Å². The molecule has 1 aromatic rings. The van der Waals surface area contributed by atoms with Crippen LogP contribution in [0.3, 0.4) is 0 Å². The van der Waals surface area contributed by atoms with Crippen LogP contribution < -0.4 is 5.32 Å². The summed E-state index contributed by atoms with van der Waals surface area (Å²) in [7, 11) is 0. The molecule has 0 spiro atoms. The van der Waals surface area contributed by atoms with Crippen LogP contribution in [0.2, 0.25) is 0 Å². The fraction of sp³-hybridized carbons (Fsp3) is 0.467. The molecule has 0 aromatic heterocycles. The summed E-state index contributed by atoms with van der Waals surface area (Å²) in [6.07, 6.45) is 3.91.